The zero-order valence-corrected chi connectivity index (χ0v) is 24.6. The fraction of sp³-hybridized carbons (Fsp3) is 1.00. The third kappa shape index (κ3) is 8.71. The molecule has 10 nitrogen and oxygen atoms in total. The van der Waals surface area contributed by atoms with E-state index in [0.29, 0.717) is 78.9 Å². The first-order valence-electron chi connectivity index (χ1n) is 12.1. The van der Waals surface area contributed by atoms with E-state index in [2.05, 4.69) is 32.5 Å². The van der Waals surface area contributed by atoms with Crippen LogP contribution in [0.4, 0.5) is 0 Å². The number of methoxy groups -OCH3 is 6. The van der Waals surface area contributed by atoms with Gasteiger partial charge in [0.1, 0.15) is 0 Å². The monoisotopic (exact) mass is 534 g/mol. The molecule has 0 bridgehead atoms. The summed E-state index contributed by atoms with van der Waals surface area (Å²) in [5.74, 6) is 0. The predicted octanol–water partition coefficient (Wildman–Crippen LogP) is 2.48. The van der Waals surface area contributed by atoms with Crippen molar-refractivity contribution >= 4 is 17.8 Å². The minimum atomic E-state index is -3.74. The molecule has 0 atom stereocenters. The van der Waals surface area contributed by atoms with Gasteiger partial charge in [-0.2, -0.15) is 0 Å². The van der Waals surface area contributed by atoms with E-state index in [1.165, 1.54) is 0 Å². The quantitative estimate of drug-likeness (QED) is 0.172. The van der Waals surface area contributed by atoms with Crippen molar-refractivity contribution < 1.29 is 28.4 Å². The van der Waals surface area contributed by atoms with Gasteiger partial charge in [0, 0.05) is 0 Å². The van der Waals surface area contributed by atoms with Gasteiger partial charge in [-0.3, -0.25) is 0 Å². The molecule has 0 N–H and O–H groups in total. The summed E-state index contributed by atoms with van der Waals surface area (Å²) in [4.78, 5) is 0. The van der Waals surface area contributed by atoms with Crippen molar-refractivity contribution in [1.29, 1.82) is 0 Å². The Morgan fingerprint density at radius 2 is 0.647 bits per heavy atom. The molecule has 0 saturated carbocycles. The summed E-state index contributed by atoms with van der Waals surface area (Å²) in [6, 6.07) is 0. The maximum atomic E-state index is 8.38. The Kier molecular flexibility index (Phi) is 19.6. The van der Waals surface area contributed by atoms with Gasteiger partial charge in [0.2, 0.25) is 0 Å². The van der Waals surface area contributed by atoms with Crippen LogP contribution in [0.15, 0.2) is 0 Å². The van der Waals surface area contributed by atoms with Crippen LogP contribution in [0.25, 0.3) is 0 Å². The Bertz CT molecular complexity index is 419. The first-order chi connectivity index (χ1) is 16.4. The molecule has 0 spiro atoms. The van der Waals surface area contributed by atoms with Crippen LogP contribution in [0.1, 0.15) is 13.8 Å². The molecule has 0 rings (SSSR count). The molecule has 34 heavy (non-hydrogen) atoms. The molecule has 0 fully saturated rings. The van der Waals surface area contributed by atoms with Crippen molar-refractivity contribution in [3.63, 3.8) is 0 Å². The SMILES string of the molecule is CCN(CC)P(Cl)(N(CCOC)CCOC)(N(CCOC)CCOC)N(CCOC)CCOC. The standard InChI is InChI=1S/C22H52ClN4O6P/c1-9-24(10-2)34(23,25(11-17-28-3)12-18-29-4,26(13-19-30-5)14-20-31-6)27(15-21-32-7)16-22-33-8/h9-22H2,1-8H3. The van der Waals surface area contributed by atoms with Crippen LogP contribution in [0.3, 0.4) is 0 Å². The summed E-state index contributed by atoms with van der Waals surface area (Å²) in [5, 5.41) is 0. The van der Waals surface area contributed by atoms with Crippen LogP contribution >= 0.6 is 17.8 Å². The summed E-state index contributed by atoms with van der Waals surface area (Å²) in [6.07, 6.45) is 0. The number of ether oxygens (including phenoxy) is 6. The zero-order chi connectivity index (χ0) is 25.9. The van der Waals surface area contributed by atoms with Gasteiger partial charge in [-0.25, -0.2) is 0 Å². The number of halogens is 1. The van der Waals surface area contributed by atoms with E-state index >= 15 is 0 Å². The fourth-order valence-corrected chi connectivity index (χ4v) is 12.0. The van der Waals surface area contributed by atoms with Crippen LogP contribution in [-0.2, 0) is 28.4 Å². The van der Waals surface area contributed by atoms with E-state index in [1.807, 2.05) is 0 Å². The van der Waals surface area contributed by atoms with Crippen LogP contribution in [0, 0.1) is 0 Å². The Hall–Kier alpha value is 0.320. The molecule has 0 saturated heterocycles. The van der Waals surface area contributed by atoms with Crippen molar-refractivity contribution in [2.45, 2.75) is 13.8 Å². The molecule has 0 amide bonds. The Morgan fingerprint density at radius 1 is 0.441 bits per heavy atom. The topological polar surface area (TPSA) is 68.3 Å². The third-order valence-corrected chi connectivity index (χ3v) is 14.2. The molecule has 0 heterocycles. The molecule has 0 aliphatic rings. The van der Waals surface area contributed by atoms with E-state index in [9.17, 15) is 0 Å². The zero-order valence-electron chi connectivity index (χ0n) is 23.0. The van der Waals surface area contributed by atoms with Crippen LogP contribution in [0.5, 0.6) is 0 Å². The van der Waals surface area contributed by atoms with Crippen LogP contribution in [-0.4, -0.2) is 153 Å². The first-order valence-corrected chi connectivity index (χ1v) is 15.0. The molecule has 0 unspecified atom stereocenters. The number of rotatable bonds is 24. The van der Waals surface area contributed by atoms with Gasteiger partial charge >= 0.3 is 213 Å². The first kappa shape index (κ1) is 34.3. The second-order valence-corrected chi connectivity index (χ2v) is 13.6. The van der Waals surface area contributed by atoms with Crippen molar-refractivity contribution in [1.82, 2.24) is 18.7 Å². The van der Waals surface area contributed by atoms with Crippen molar-refractivity contribution in [2.24, 2.45) is 0 Å². The van der Waals surface area contributed by atoms with E-state index < -0.39 is 6.56 Å². The number of hydrogen-bond donors (Lipinski definition) is 0. The minimum absolute atomic E-state index is 0.542. The fourth-order valence-electron chi connectivity index (χ4n) is 4.33. The Morgan fingerprint density at radius 3 is 0.794 bits per heavy atom. The van der Waals surface area contributed by atoms with Crippen LogP contribution < -0.4 is 0 Å². The molecular formula is C22H52ClN4O6P. The molecule has 0 aromatic carbocycles. The van der Waals surface area contributed by atoms with Gasteiger partial charge in [-0.1, -0.05) is 0 Å². The van der Waals surface area contributed by atoms with E-state index in [1.54, 1.807) is 42.7 Å². The van der Waals surface area contributed by atoms with E-state index in [0.717, 1.165) is 13.1 Å². The van der Waals surface area contributed by atoms with Gasteiger partial charge in [0.05, 0.1) is 0 Å². The third-order valence-electron chi connectivity index (χ3n) is 6.00. The van der Waals surface area contributed by atoms with Crippen molar-refractivity contribution in [3.8, 4) is 0 Å². The predicted molar refractivity (Wildman–Crippen MR) is 142 cm³/mol. The van der Waals surface area contributed by atoms with Gasteiger partial charge in [0.25, 0.3) is 0 Å². The number of hydrogen-bond acceptors (Lipinski definition) is 10. The maximum absolute atomic E-state index is 8.38. The molecule has 0 aromatic rings. The van der Waals surface area contributed by atoms with Crippen molar-refractivity contribution in [3.05, 3.63) is 0 Å². The normalized spacial score (nSPS) is 14.0. The van der Waals surface area contributed by atoms with Gasteiger partial charge in [-0.15, -0.1) is 0 Å². The summed E-state index contributed by atoms with van der Waals surface area (Å²) < 4.78 is 42.8. The summed E-state index contributed by atoms with van der Waals surface area (Å²) in [7, 11) is 10.3. The second kappa shape index (κ2) is 19.4. The molecule has 0 aliphatic heterocycles. The van der Waals surface area contributed by atoms with Gasteiger partial charge in [-0.05, 0) is 0 Å². The average Bonchev–Trinajstić information content (AvgIpc) is 2.84. The molecule has 208 valence electrons. The molecule has 0 aromatic heterocycles. The molecular weight excluding hydrogens is 483 g/mol. The number of nitrogens with zero attached hydrogens (tertiary/aromatic N) is 4. The summed E-state index contributed by atoms with van der Waals surface area (Å²) in [6.45, 7) is 9.22. The summed E-state index contributed by atoms with van der Waals surface area (Å²) in [5.41, 5.74) is 0. The molecule has 0 aliphatic carbocycles. The van der Waals surface area contributed by atoms with Crippen LogP contribution in [0.2, 0.25) is 0 Å². The van der Waals surface area contributed by atoms with Gasteiger partial charge < -0.3 is 0 Å². The Labute approximate surface area is 213 Å². The van der Waals surface area contributed by atoms with E-state index in [-0.39, 0.29) is 0 Å². The Balaban J connectivity index is 7.23. The molecule has 12 heteroatoms. The van der Waals surface area contributed by atoms with Gasteiger partial charge in [0.15, 0.2) is 0 Å². The average molecular weight is 535 g/mol. The van der Waals surface area contributed by atoms with Crippen molar-refractivity contribution in [2.75, 3.05) is 135 Å². The molecule has 0 radical (unpaired) electrons. The van der Waals surface area contributed by atoms with E-state index in [4.69, 9.17) is 39.7 Å². The second-order valence-electron chi connectivity index (χ2n) is 7.80. The summed E-state index contributed by atoms with van der Waals surface area (Å²) >= 11 is 8.38.